The van der Waals surface area contributed by atoms with Gasteiger partial charge in [-0.15, -0.1) is 0 Å². The van der Waals surface area contributed by atoms with Crippen LogP contribution in [0.4, 0.5) is 0 Å². The van der Waals surface area contributed by atoms with E-state index in [4.69, 9.17) is 10.2 Å². The smallest absolute Gasteiger partial charge is 0.0434 e. The van der Waals surface area contributed by atoms with Crippen LogP contribution in [0, 0.1) is 11.8 Å². The maximum atomic E-state index is 9.11. The first-order valence-electron chi connectivity index (χ1n) is 6.81. The van der Waals surface area contributed by atoms with Gasteiger partial charge in [-0.2, -0.15) is 0 Å². The van der Waals surface area contributed by atoms with Gasteiger partial charge in [0.2, 0.25) is 0 Å². The van der Waals surface area contributed by atoms with Crippen molar-refractivity contribution in [1.82, 2.24) is 4.90 Å². The molecule has 2 N–H and O–H groups in total. The molecule has 0 bridgehead atoms. The molecule has 1 aliphatic heterocycles. The van der Waals surface area contributed by atoms with Crippen LogP contribution in [-0.2, 0) is 6.54 Å². The van der Waals surface area contributed by atoms with Gasteiger partial charge in [-0.1, -0.05) is 30.3 Å². The largest absolute Gasteiger partial charge is 0.396 e. The fraction of sp³-hybridized carbons (Fsp3) is 0.600. The molecule has 2 rings (SSSR count). The molecule has 1 aliphatic rings. The Kier molecular flexibility index (Phi) is 5.17. The van der Waals surface area contributed by atoms with Crippen molar-refractivity contribution in [3.8, 4) is 0 Å². The molecule has 0 spiro atoms. The van der Waals surface area contributed by atoms with E-state index in [2.05, 4.69) is 29.2 Å². The zero-order chi connectivity index (χ0) is 12.8. The van der Waals surface area contributed by atoms with E-state index < -0.39 is 0 Å². The highest BCUT2D eigenvalue weighted by atomic mass is 16.3. The zero-order valence-electron chi connectivity index (χ0n) is 10.8. The lowest BCUT2D eigenvalue weighted by atomic mass is 9.91. The summed E-state index contributed by atoms with van der Waals surface area (Å²) in [6, 6.07) is 10.5. The monoisotopic (exact) mass is 249 g/mol. The summed E-state index contributed by atoms with van der Waals surface area (Å²) in [6.45, 7) is 3.57. The SMILES string of the molecule is OCC[C@H]1CN(Cc2ccccc2)C[C@@H]1CCO. The maximum Gasteiger partial charge on any atom is 0.0434 e. The molecular formula is C15H23NO2. The fourth-order valence-corrected chi connectivity index (χ4v) is 2.99. The molecule has 0 amide bonds. The molecule has 0 aromatic heterocycles. The van der Waals surface area contributed by atoms with Crippen molar-refractivity contribution in [1.29, 1.82) is 0 Å². The second kappa shape index (κ2) is 6.88. The van der Waals surface area contributed by atoms with Gasteiger partial charge in [0.15, 0.2) is 0 Å². The summed E-state index contributed by atoms with van der Waals surface area (Å²) in [5.74, 6) is 1.07. The van der Waals surface area contributed by atoms with Gasteiger partial charge in [-0.3, -0.25) is 4.90 Å². The Balaban J connectivity index is 1.91. The Morgan fingerprint density at radius 2 is 1.50 bits per heavy atom. The summed E-state index contributed by atoms with van der Waals surface area (Å²) in [5, 5.41) is 18.2. The second-order valence-electron chi connectivity index (χ2n) is 5.22. The molecule has 100 valence electrons. The van der Waals surface area contributed by atoms with Crippen LogP contribution in [0.5, 0.6) is 0 Å². The van der Waals surface area contributed by atoms with Crippen LogP contribution in [0.2, 0.25) is 0 Å². The van der Waals surface area contributed by atoms with E-state index in [1.807, 2.05) is 6.07 Å². The minimum absolute atomic E-state index is 0.256. The van der Waals surface area contributed by atoms with Crippen molar-refractivity contribution in [3.05, 3.63) is 35.9 Å². The lowest BCUT2D eigenvalue weighted by Gasteiger charge is -2.15. The number of nitrogens with zero attached hydrogens (tertiary/aromatic N) is 1. The molecule has 3 heteroatoms. The second-order valence-corrected chi connectivity index (χ2v) is 5.22. The van der Waals surface area contributed by atoms with E-state index in [0.29, 0.717) is 11.8 Å². The van der Waals surface area contributed by atoms with Crippen LogP contribution in [0.1, 0.15) is 18.4 Å². The number of likely N-dealkylation sites (tertiary alicyclic amines) is 1. The number of aliphatic hydroxyl groups excluding tert-OH is 2. The summed E-state index contributed by atoms with van der Waals surface area (Å²) in [4.78, 5) is 2.44. The highest BCUT2D eigenvalue weighted by molar-refractivity contribution is 5.14. The van der Waals surface area contributed by atoms with E-state index in [1.165, 1.54) is 5.56 Å². The minimum Gasteiger partial charge on any atom is -0.396 e. The first-order valence-corrected chi connectivity index (χ1v) is 6.81. The standard InChI is InChI=1S/C15H23NO2/c17-8-6-14-11-16(12-15(14)7-9-18)10-13-4-2-1-3-5-13/h1-5,14-15,17-18H,6-12H2/t14-,15-/m0/s1. The molecule has 3 nitrogen and oxygen atoms in total. The van der Waals surface area contributed by atoms with E-state index in [9.17, 15) is 0 Å². The van der Waals surface area contributed by atoms with E-state index >= 15 is 0 Å². The van der Waals surface area contributed by atoms with Gasteiger partial charge in [-0.05, 0) is 30.2 Å². The van der Waals surface area contributed by atoms with E-state index in [1.54, 1.807) is 0 Å². The Morgan fingerprint density at radius 3 is 2.00 bits per heavy atom. The molecule has 1 saturated heterocycles. The van der Waals surface area contributed by atoms with Gasteiger partial charge in [0.1, 0.15) is 0 Å². The van der Waals surface area contributed by atoms with Crippen molar-refractivity contribution in [3.63, 3.8) is 0 Å². The van der Waals surface area contributed by atoms with Crippen molar-refractivity contribution in [2.24, 2.45) is 11.8 Å². The summed E-state index contributed by atoms with van der Waals surface area (Å²) in [5.41, 5.74) is 1.34. The normalized spacial score (nSPS) is 24.6. The molecule has 1 aromatic carbocycles. The highest BCUT2D eigenvalue weighted by Crippen LogP contribution is 2.29. The summed E-state index contributed by atoms with van der Waals surface area (Å²) in [6.07, 6.45) is 1.71. The van der Waals surface area contributed by atoms with Crippen LogP contribution in [0.15, 0.2) is 30.3 Å². The average molecular weight is 249 g/mol. The van der Waals surface area contributed by atoms with Gasteiger partial charge in [0.05, 0.1) is 0 Å². The number of rotatable bonds is 6. The number of aliphatic hydroxyl groups is 2. The van der Waals surface area contributed by atoms with Crippen molar-refractivity contribution >= 4 is 0 Å². The van der Waals surface area contributed by atoms with E-state index in [0.717, 1.165) is 32.5 Å². The molecule has 0 unspecified atom stereocenters. The maximum absolute atomic E-state index is 9.11. The average Bonchev–Trinajstić information content (AvgIpc) is 2.74. The van der Waals surface area contributed by atoms with Crippen LogP contribution in [0.3, 0.4) is 0 Å². The van der Waals surface area contributed by atoms with E-state index in [-0.39, 0.29) is 13.2 Å². The predicted octanol–water partition coefficient (Wildman–Crippen LogP) is 1.50. The Labute approximate surface area is 109 Å². The quantitative estimate of drug-likeness (QED) is 0.803. The molecule has 18 heavy (non-hydrogen) atoms. The third kappa shape index (κ3) is 3.55. The lowest BCUT2D eigenvalue weighted by molar-refractivity contribution is 0.210. The fourth-order valence-electron chi connectivity index (χ4n) is 2.99. The summed E-state index contributed by atoms with van der Waals surface area (Å²) in [7, 11) is 0. The first-order chi connectivity index (χ1) is 8.83. The van der Waals surface area contributed by atoms with Gasteiger partial charge in [-0.25, -0.2) is 0 Å². The molecule has 2 atom stereocenters. The Morgan fingerprint density at radius 1 is 0.944 bits per heavy atom. The van der Waals surface area contributed by atoms with Crippen LogP contribution in [0.25, 0.3) is 0 Å². The van der Waals surface area contributed by atoms with Crippen LogP contribution < -0.4 is 0 Å². The molecule has 0 saturated carbocycles. The molecule has 1 aromatic rings. The number of hydrogen-bond donors (Lipinski definition) is 2. The third-order valence-electron chi connectivity index (χ3n) is 3.90. The van der Waals surface area contributed by atoms with Gasteiger partial charge < -0.3 is 10.2 Å². The summed E-state index contributed by atoms with van der Waals surface area (Å²) >= 11 is 0. The molecular weight excluding hydrogens is 226 g/mol. The zero-order valence-corrected chi connectivity index (χ0v) is 10.8. The van der Waals surface area contributed by atoms with Crippen molar-refractivity contribution in [2.45, 2.75) is 19.4 Å². The minimum atomic E-state index is 0.256. The lowest BCUT2D eigenvalue weighted by Crippen LogP contribution is -2.20. The van der Waals surface area contributed by atoms with Gasteiger partial charge >= 0.3 is 0 Å². The van der Waals surface area contributed by atoms with Crippen LogP contribution in [-0.4, -0.2) is 41.4 Å². The Bertz CT molecular complexity index is 328. The predicted molar refractivity (Wildman–Crippen MR) is 72.1 cm³/mol. The third-order valence-corrected chi connectivity index (χ3v) is 3.90. The van der Waals surface area contributed by atoms with Gasteiger partial charge in [0.25, 0.3) is 0 Å². The number of hydrogen-bond acceptors (Lipinski definition) is 3. The molecule has 0 aliphatic carbocycles. The highest BCUT2D eigenvalue weighted by Gasteiger charge is 2.31. The molecule has 1 heterocycles. The number of benzene rings is 1. The first kappa shape index (κ1) is 13.5. The Hall–Kier alpha value is -0.900. The molecule has 1 fully saturated rings. The van der Waals surface area contributed by atoms with Crippen LogP contribution >= 0.6 is 0 Å². The van der Waals surface area contributed by atoms with Crippen molar-refractivity contribution in [2.75, 3.05) is 26.3 Å². The topological polar surface area (TPSA) is 43.7 Å². The summed E-state index contributed by atoms with van der Waals surface area (Å²) < 4.78 is 0. The van der Waals surface area contributed by atoms with Crippen molar-refractivity contribution < 1.29 is 10.2 Å². The van der Waals surface area contributed by atoms with Gasteiger partial charge in [0, 0.05) is 32.8 Å². The molecule has 0 radical (unpaired) electrons.